The van der Waals surface area contributed by atoms with E-state index < -0.39 is 10.1 Å². The van der Waals surface area contributed by atoms with Crippen molar-refractivity contribution in [1.82, 2.24) is 0 Å². The maximum Gasteiger partial charge on any atom is 0.295 e. The van der Waals surface area contributed by atoms with Gasteiger partial charge in [0.2, 0.25) is 0 Å². The largest absolute Gasteiger partial charge is 0.497 e. The van der Waals surface area contributed by atoms with E-state index in [2.05, 4.69) is 77.2 Å². The van der Waals surface area contributed by atoms with Crippen LogP contribution in [0.2, 0.25) is 0 Å². The Balaban J connectivity index is 1.45. The Bertz CT molecular complexity index is 2300. The van der Waals surface area contributed by atoms with E-state index in [0.717, 1.165) is 48.7 Å². The molecule has 0 unspecified atom stereocenters. The third kappa shape index (κ3) is 9.06. The Labute approximate surface area is 318 Å². The van der Waals surface area contributed by atoms with Crippen molar-refractivity contribution >= 4 is 38.5 Å². The highest BCUT2D eigenvalue weighted by atomic mass is 32.2. The molecule has 1 aliphatic carbocycles. The summed E-state index contributed by atoms with van der Waals surface area (Å²) in [4.78, 5) is 2.03. The Hall–Kier alpha value is -5.74. The van der Waals surface area contributed by atoms with Gasteiger partial charge in [-0.05, 0) is 78.6 Å². The number of anilines is 3. The van der Waals surface area contributed by atoms with Crippen LogP contribution in [0, 0.1) is 0 Å². The number of allylic oxidation sites excluding steroid dienone is 5. The number of hydrogen-bond acceptors (Lipinski definition) is 6. The minimum absolute atomic E-state index is 0.235. The van der Waals surface area contributed by atoms with Gasteiger partial charge < -0.3 is 20.1 Å². The van der Waals surface area contributed by atoms with Gasteiger partial charge in [0.15, 0.2) is 12.3 Å². The van der Waals surface area contributed by atoms with E-state index in [1.807, 2.05) is 60.7 Å². The van der Waals surface area contributed by atoms with Crippen molar-refractivity contribution in [1.29, 1.82) is 0 Å². The molecule has 0 bridgehead atoms. The van der Waals surface area contributed by atoms with Crippen molar-refractivity contribution in [3.8, 4) is 5.75 Å². The molecule has 0 spiro atoms. The van der Waals surface area contributed by atoms with Gasteiger partial charge in [0, 0.05) is 65.1 Å². The summed E-state index contributed by atoms with van der Waals surface area (Å²) >= 11 is 0. The van der Waals surface area contributed by atoms with E-state index >= 15 is 0 Å². The number of aliphatic hydroxyl groups is 1. The van der Waals surface area contributed by atoms with Crippen LogP contribution < -0.4 is 15.0 Å². The van der Waals surface area contributed by atoms with E-state index in [-0.39, 0.29) is 11.5 Å². The number of methoxy groups -OCH3 is 1. The normalized spacial score (nSPS) is 12.5. The second-order valence-corrected chi connectivity index (χ2v) is 14.4. The van der Waals surface area contributed by atoms with E-state index in [1.54, 1.807) is 37.4 Å². The van der Waals surface area contributed by atoms with Gasteiger partial charge in [0.1, 0.15) is 17.2 Å². The summed E-state index contributed by atoms with van der Waals surface area (Å²) in [6, 6.07) is 38.8. The van der Waals surface area contributed by atoms with Crippen LogP contribution in [-0.4, -0.2) is 48.6 Å². The van der Waals surface area contributed by atoms with Crippen LogP contribution in [0.15, 0.2) is 156 Å². The fourth-order valence-corrected chi connectivity index (χ4v) is 7.37. The molecule has 276 valence electrons. The van der Waals surface area contributed by atoms with Gasteiger partial charge in [-0.2, -0.15) is 8.42 Å². The summed E-state index contributed by atoms with van der Waals surface area (Å²) in [6.45, 7) is 7.11. The average Bonchev–Trinajstić information content (AvgIpc) is 3.20. The topological polar surface area (TPSA) is 102 Å². The molecule has 0 saturated carbocycles. The van der Waals surface area contributed by atoms with Gasteiger partial charge in [0.05, 0.1) is 13.7 Å². The molecule has 0 atom stereocenters. The zero-order chi connectivity index (χ0) is 38.1. The fraction of sp³-hybridized carbons (Fsp3) is 0.178. The molecule has 5 aromatic carbocycles. The number of ether oxygens (including phenoxy) is 1. The van der Waals surface area contributed by atoms with Crippen LogP contribution in [0.3, 0.4) is 0 Å². The number of aliphatic hydroxyl groups excluding tert-OH is 1. The van der Waals surface area contributed by atoms with Crippen LogP contribution in [0.5, 0.6) is 5.75 Å². The lowest BCUT2D eigenvalue weighted by Gasteiger charge is -2.24. The van der Waals surface area contributed by atoms with Crippen molar-refractivity contribution in [2.24, 2.45) is 0 Å². The Morgan fingerprint density at radius 1 is 0.796 bits per heavy atom. The third-order valence-corrected chi connectivity index (χ3v) is 10.4. The highest BCUT2D eigenvalue weighted by Gasteiger charge is 2.24. The molecule has 0 radical (unpaired) electrons. The second-order valence-electron chi connectivity index (χ2n) is 13.0. The van der Waals surface area contributed by atoms with Crippen LogP contribution in [0.1, 0.15) is 41.7 Å². The highest BCUT2D eigenvalue weighted by molar-refractivity contribution is 7.86. The quantitative estimate of drug-likeness (QED) is 0.0773. The average molecular weight is 741 g/mol. The second kappa shape index (κ2) is 17.4. The van der Waals surface area contributed by atoms with Crippen molar-refractivity contribution in [3.63, 3.8) is 0 Å². The maximum absolute atomic E-state index is 13.2. The summed E-state index contributed by atoms with van der Waals surface area (Å²) in [7, 11) is -3.16. The molecule has 3 N–H and O–H groups in total. The number of rotatable bonds is 14. The molecule has 0 heterocycles. The molecule has 0 aliphatic heterocycles. The van der Waals surface area contributed by atoms with Crippen molar-refractivity contribution < 1.29 is 27.4 Å². The monoisotopic (exact) mass is 740 g/mol. The van der Waals surface area contributed by atoms with Gasteiger partial charge in [-0.1, -0.05) is 84.9 Å². The van der Waals surface area contributed by atoms with Gasteiger partial charge in [0.25, 0.3) is 10.1 Å². The Kier molecular flexibility index (Phi) is 12.2. The molecule has 0 fully saturated rings. The maximum atomic E-state index is 13.2. The minimum Gasteiger partial charge on any atom is -0.497 e. The van der Waals surface area contributed by atoms with Gasteiger partial charge in [-0.15, -0.1) is 0 Å². The van der Waals surface area contributed by atoms with Gasteiger partial charge in [-0.25, -0.2) is 4.58 Å². The molecule has 5 aromatic rings. The molecular formula is C45H46N3O5S+. The van der Waals surface area contributed by atoms with Crippen molar-refractivity contribution in [2.45, 2.75) is 38.4 Å². The molecular weight excluding hydrogens is 695 g/mol. The van der Waals surface area contributed by atoms with Crippen LogP contribution >= 0.6 is 0 Å². The fourth-order valence-electron chi connectivity index (χ4n) is 6.65. The van der Waals surface area contributed by atoms with Crippen LogP contribution in [-0.2, 0) is 29.8 Å². The molecule has 9 heteroatoms. The van der Waals surface area contributed by atoms with E-state index in [0.29, 0.717) is 33.8 Å². The lowest BCUT2D eigenvalue weighted by molar-refractivity contribution is -0.539. The smallest absolute Gasteiger partial charge is 0.295 e. The van der Waals surface area contributed by atoms with E-state index in [9.17, 15) is 18.1 Å². The first kappa shape index (κ1) is 38.0. The first-order chi connectivity index (χ1) is 26.2. The van der Waals surface area contributed by atoms with E-state index in [4.69, 9.17) is 4.74 Å². The van der Waals surface area contributed by atoms with Gasteiger partial charge in [-0.3, -0.25) is 4.55 Å². The van der Waals surface area contributed by atoms with Crippen LogP contribution in [0.25, 0.3) is 5.57 Å². The number of nitrogens with zero attached hydrogens (tertiary/aromatic N) is 2. The highest BCUT2D eigenvalue weighted by Crippen LogP contribution is 2.37. The lowest BCUT2D eigenvalue weighted by Crippen LogP contribution is -2.21. The number of benzene rings is 5. The zero-order valence-corrected chi connectivity index (χ0v) is 31.6. The summed E-state index contributed by atoms with van der Waals surface area (Å²) < 4.78 is 44.8. The van der Waals surface area contributed by atoms with Crippen molar-refractivity contribution in [3.05, 3.63) is 179 Å². The predicted molar refractivity (Wildman–Crippen MR) is 218 cm³/mol. The number of nitrogens with one attached hydrogen (secondary N) is 1. The summed E-state index contributed by atoms with van der Waals surface area (Å²) in [6.07, 6.45) is 8.11. The van der Waals surface area contributed by atoms with E-state index in [1.165, 1.54) is 17.2 Å². The van der Waals surface area contributed by atoms with Crippen LogP contribution in [0.4, 0.5) is 17.1 Å². The first-order valence-corrected chi connectivity index (χ1v) is 19.5. The summed E-state index contributed by atoms with van der Waals surface area (Å²) in [5.41, 5.74) is 8.63. The SMILES string of the molecule is CCN(Cc1ccccc1)c1ccc(C(=C2C=CC(=[N+](CC)Cc3ccccc3)C=C2)c2ccc(Nc3cc(OC)ccc3CO)cc2S(=O)(=O)O)cc1. The standard InChI is InChI=1S/C45H45N3O5S/c1-4-47(30-33-12-8-6-9-13-33)39-22-16-35(17-23-39)45(36-18-24-40(25-19-36)48(5-2)31-34-14-10-7-11-15-34)42-27-21-38(28-44(42)54(50,51)52)46-43-29-41(53-3)26-20-37(43)32-49/h6-29,49H,4-5,30-32H2,1-3H3,(H,50,51,52)/p+1. The number of hydrogen-bond donors (Lipinski definition) is 3. The Morgan fingerprint density at radius 2 is 1.46 bits per heavy atom. The summed E-state index contributed by atoms with van der Waals surface area (Å²) in [5.74, 6) is 0.569. The molecule has 0 aromatic heterocycles. The lowest BCUT2D eigenvalue weighted by atomic mass is 9.90. The molecule has 54 heavy (non-hydrogen) atoms. The minimum atomic E-state index is -4.71. The molecule has 6 rings (SSSR count). The Morgan fingerprint density at radius 3 is 2.06 bits per heavy atom. The molecule has 0 amide bonds. The predicted octanol–water partition coefficient (Wildman–Crippen LogP) is 8.81. The third-order valence-electron chi connectivity index (χ3n) is 9.53. The van der Waals surface area contributed by atoms with Gasteiger partial charge >= 0.3 is 0 Å². The van der Waals surface area contributed by atoms with Crippen molar-refractivity contribution in [2.75, 3.05) is 30.4 Å². The molecule has 1 aliphatic rings. The molecule has 8 nitrogen and oxygen atoms in total. The molecule has 0 saturated heterocycles. The first-order valence-electron chi connectivity index (χ1n) is 18.0. The summed E-state index contributed by atoms with van der Waals surface area (Å²) in [5, 5.41) is 13.2. The zero-order valence-electron chi connectivity index (χ0n) is 30.8.